The molecule has 0 spiro atoms. The minimum Gasteiger partial charge on any atom is -0.310 e. The van der Waals surface area contributed by atoms with E-state index < -0.39 is 0 Å². The lowest BCUT2D eigenvalue weighted by Gasteiger charge is -2.16. The highest BCUT2D eigenvalue weighted by atomic mass is 15.3. The van der Waals surface area contributed by atoms with Crippen molar-refractivity contribution in [3.63, 3.8) is 0 Å². The Morgan fingerprint density at radius 3 is 2.61 bits per heavy atom. The van der Waals surface area contributed by atoms with Crippen LogP contribution < -0.4 is 5.32 Å². The molecule has 1 aromatic heterocycles. The summed E-state index contributed by atoms with van der Waals surface area (Å²) in [5.41, 5.74) is 1.35. The van der Waals surface area contributed by atoms with Gasteiger partial charge in [-0.2, -0.15) is 5.10 Å². The van der Waals surface area contributed by atoms with Crippen LogP contribution in [0.25, 0.3) is 0 Å². The maximum absolute atomic E-state index is 4.61. The van der Waals surface area contributed by atoms with Gasteiger partial charge in [-0.05, 0) is 25.8 Å². The van der Waals surface area contributed by atoms with E-state index in [0.29, 0.717) is 12.1 Å². The van der Waals surface area contributed by atoms with Crippen molar-refractivity contribution < 1.29 is 0 Å². The molecule has 1 fully saturated rings. The lowest BCUT2D eigenvalue weighted by molar-refractivity contribution is 0.404. The molecule has 1 aromatic rings. The predicted molar refractivity (Wildman–Crippen MR) is 75.7 cm³/mol. The fourth-order valence-electron chi connectivity index (χ4n) is 3.00. The summed E-state index contributed by atoms with van der Waals surface area (Å²) in [4.78, 5) is 0. The van der Waals surface area contributed by atoms with Gasteiger partial charge in [0.05, 0.1) is 12.2 Å². The summed E-state index contributed by atoms with van der Waals surface area (Å²) in [7, 11) is 0. The largest absolute Gasteiger partial charge is 0.310 e. The third-order valence-corrected chi connectivity index (χ3v) is 4.08. The third-order valence-electron chi connectivity index (χ3n) is 4.08. The fourth-order valence-corrected chi connectivity index (χ4v) is 3.00. The van der Waals surface area contributed by atoms with Gasteiger partial charge in [0, 0.05) is 17.8 Å². The second kappa shape index (κ2) is 6.93. The molecule has 102 valence electrons. The Morgan fingerprint density at radius 1 is 1.28 bits per heavy atom. The van der Waals surface area contributed by atoms with E-state index in [1.54, 1.807) is 0 Å². The van der Waals surface area contributed by atoms with Gasteiger partial charge in [0.1, 0.15) is 0 Å². The van der Waals surface area contributed by atoms with Crippen LogP contribution in [0.15, 0.2) is 12.4 Å². The predicted octanol–water partition coefficient (Wildman–Crippen LogP) is 3.84. The van der Waals surface area contributed by atoms with Crippen LogP contribution in [-0.2, 0) is 0 Å². The summed E-state index contributed by atoms with van der Waals surface area (Å²) in [6, 6.07) is 1.11. The van der Waals surface area contributed by atoms with Crippen LogP contribution in [-0.4, -0.2) is 16.3 Å². The van der Waals surface area contributed by atoms with Crippen molar-refractivity contribution in [2.24, 2.45) is 0 Å². The molecule has 3 heteroatoms. The minimum atomic E-state index is 0.467. The lowest BCUT2D eigenvalue weighted by Crippen LogP contribution is -2.19. The van der Waals surface area contributed by atoms with Crippen molar-refractivity contribution >= 4 is 0 Å². The first-order chi connectivity index (χ1) is 8.85. The topological polar surface area (TPSA) is 29.9 Å². The van der Waals surface area contributed by atoms with Gasteiger partial charge in [-0.1, -0.05) is 39.5 Å². The summed E-state index contributed by atoms with van der Waals surface area (Å²) < 4.78 is 2.22. The van der Waals surface area contributed by atoms with Gasteiger partial charge in [-0.25, -0.2) is 0 Å². The van der Waals surface area contributed by atoms with Crippen LogP contribution in [0.2, 0.25) is 0 Å². The van der Waals surface area contributed by atoms with E-state index in [1.165, 1.54) is 44.1 Å². The Bertz CT molecular complexity index is 337. The van der Waals surface area contributed by atoms with Gasteiger partial charge >= 0.3 is 0 Å². The van der Waals surface area contributed by atoms with Crippen LogP contribution in [0.1, 0.15) is 76.4 Å². The summed E-state index contributed by atoms with van der Waals surface area (Å²) in [6.07, 6.45) is 13.6. The van der Waals surface area contributed by atoms with Gasteiger partial charge in [-0.3, -0.25) is 4.68 Å². The second-order valence-corrected chi connectivity index (χ2v) is 5.42. The number of hydrogen-bond acceptors (Lipinski definition) is 2. The Hall–Kier alpha value is -0.830. The normalized spacial score (nSPS) is 19.7. The van der Waals surface area contributed by atoms with Crippen molar-refractivity contribution in [1.29, 1.82) is 0 Å². The van der Waals surface area contributed by atoms with Crippen molar-refractivity contribution in [2.45, 2.75) is 70.9 Å². The van der Waals surface area contributed by atoms with E-state index in [4.69, 9.17) is 0 Å². The summed E-state index contributed by atoms with van der Waals surface area (Å²) >= 11 is 0. The molecule has 1 aliphatic carbocycles. The average Bonchev–Trinajstić information content (AvgIpc) is 2.71. The first kappa shape index (κ1) is 13.6. The van der Waals surface area contributed by atoms with Gasteiger partial charge in [0.25, 0.3) is 0 Å². The molecule has 0 bridgehead atoms. The smallest absolute Gasteiger partial charge is 0.0537 e. The van der Waals surface area contributed by atoms with E-state index in [1.807, 2.05) is 0 Å². The first-order valence-electron chi connectivity index (χ1n) is 7.62. The van der Waals surface area contributed by atoms with E-state index in [9.17, 15) is 0 Å². The van der Waals surface area contributed by atoms with Gasteiger partial charge < -0.3 is 5.32 Å². The van der Waals surface area contributed by atoms with Crippen LogP contribution in [0.3, 0.4) is 0 Å². The monoisotopic (exact) mass is 249 g/mol. The second-order valence-electron chi connectivity index (χ2n) is 5.42. The van der Waals surface area contributed by atoms with Gasteiger partial charge in [0.2, 0.25) is 0 Å². The van der Waals surface area contributed by atoms with E-state index in [-0.39, 0.29) is 0 Å². The quantitative estimate of drug-likeness (QED) is 0.804. The van der Waals surface area contributed by atoms with Gasteiger partial charge in [0.15, 0.2) is 0 Å². The number of aromatic nitrogens is 2. The molecule has 0 amide bonds. The maximum Gasteiger partial charge on any atom is 0.0537 e. The fraction of sp³-hybridized carbons (Fsp3) is 0.800. The van der Waals surface area contributed by atoms with Crippen molar-refractivity contribution in [2.75, 3.05) is 6.54 Å². The van der Waals surface area contributed by atoms with Crippen LogP contribution in [0.4, 0.5) is 0 Å². The molecule has 1 aliphatic rings. The summed E-state index contributed by atoms with van der Waals surface area (Å²) in [5, 5.41) is 8.13. The lowest BCUT2D eigenvalue weighted by atomic mass is 10.1. The number of nitrogens with zero attached hydrogens (tertiary/aromatic N) is 2. The minimum absolute atomic E-state index is 0.467. The van der Waals surface area contributed by atoms with Crippen molar-refractivity contribution in [1.82, 2.24) is 15.1 Å². The van der Waals surface area contributed by atoms with Crippen LogP contribution in [0, 0.1) is 0 Å². The molecule has 1 atom stereocenters. The highest BCUT2D eigenvalue weighted by Crippen LogP contribution is 2.27. The summed E-state index contributed by atoms with van der Waals surface area (Å²) in [6.45, 7) is 5.42. The molecule has 0 radical (unpaired) electrons. The number of rotatable bonds is 5. The SMILES string of the molecule is CCNC(CC)c1cnn(C2CCCCCC2)c1. The van der Waals surface area contributed by atoms with Crippen LogP contribution >= 0.6 is 0 Å². The molecule has 1 saturated carbocycles. The van der Waals surface area contributed by atoms with E-state index >= 15 is 0 Å². The highest BCUT2D eigenvalue weighted by molar-refractivity contribution is 5.10. The molecule has 0 aromatic carbocycles. The highest BCUT2D eigenvalue weighted by Gasteiger charge is 2.17. The molecular formula is C15H27N3. The maximum atomic E-state index is 4.61. The zero-order chi connectivity index (χ0) is 12.8. The molecule has 18 heavy (non-hydrogen) atoms. The first-order valence-corrected chi connectivity index (χ1v) is 7.62. The standard InChI is InChI=1S/C15H27N3/c1-3-15(16-4-2)13-11-17-18(12-13)14-9-7-5-6-8-10-14/h11-12,14-16H,3-10H2,1-2H3. The number of nitrogens with one attached hydrogen (secondary N) is 1. The zero-order valence-electron chi connectivity index (χ0n) is 11.9. The Balaban J connectivity index is 2.03. The average molecular weight is 249 g/mol. The van der Waals surface area contributed by atoms with E-state index in [0.717, 1.165) is 13.0 Å². The van der Waals surface area contributed by atoms with Crippen molar-refractivity contribution in [3.8, 4) is 0 Å². The molecule has 1 heterocycles. The van der Waals surface area contributed by atoms with Crippen molar-refractivity contribution in [3.05, 3.63) is 18.0 Å². The molecule has 0 saturated heterocycles. The molecule has 1 N–H and O–H groups in total. The zero-order valence-corrected chi connectivity index (χ0v) is 11.9. The van der Waals surface area contributed by atoms with Crippen LogP contribution in [0.5, 0.6) is 0 Å². The molecule has 2 rings (SSSR count). The molecule has 3 nitrogen and oxygen atoms in total. The molecule has 1 unspecified atom stereocenters. The number of hydrogen-bond donors (Lipinski definition) is 1. The molecule has 0 aliphatic heterocycles. The Labute approximate surface area is 111 Å². The Morgan fingerprint density at radius 2 is 2.00 bits per heavy atom. The van der Waals surface area contributed by atoms with E-state index in [2.05, 4.69) is 41.3 Å². The molecular weight excluding hydrogens is 222 g/mol. The third kappa shape index (κ3) is 3.35. The van der Waals surface area contributed by atoms with Gasteiger partial charge in [-0.15, -0.1) is 0 Å². The summed E-state index contributed by atoms with van der Waals surface area (Å²) in [5.74, 6) is 0. The Kier molecular flexibility index (Phi) is 5.24.